The highest BCUT2D eigenvalue weighted by atomic mass is 19.4. The largest absolute Gasteiger partial charge is 0.471 e. The molecule has 3 fully saturated rings. The Labute approximate surface area is 299 Å². The number of hydrogen-bond acceptors (Lipinski definition) is 9. The number of hydrogen-bond donors (Lipinski definition) is 2. The summed E-state index contributed by atoms with van der Waals surface area (Å²) in [6, 6.07) is 20.3. The standard InChI is InChI=1S/C37H42F3N5O7/c1-24-32(22-42-17-19-43(20-18-42)29-12-14-30(15-13-29)45(49)50)51-35(52-33(24)27-8-6-26(23-46)7-9-27)28-10-4-25(5-11-28)21-41-34(47)31-3-2-16-44(31)36(48)37(38,39)40/h4-15,24,31-33,35,46H,2-3,16-23H2,1H3,(H,41,47)/t24-,31-,32+,33+,35+/m0/s1. The second-order valence-electron chi connectivity index (χ2n) is 13.5. The SMILES string of the molecule is C[C@H]1[C@@H](CN2CCN(c3ccc([N+](=O)[O-])cc3)CC2)O[C@@H](c2ccc(CNC(=O)[C@@H]3CCCN3C(=O)C(F)(F)F)cc2)O[C@H]1c1ccc(CO)cc1. The molecule has 0 bridgehead atoms. The third-order valence-electron chi connectivity index (χ3n) is 10.1. The van der Waals surface area contributed by atoms with Gasteiger partial charge in [-0.1, -0.05) is 55.5 Å². The van der Waals surface area contributed by atoms with E-state index in [0.29, 0.717) is 23.4 Å². The van der Waals surface area contributed by atoms with Gasteiger partial charge >= 0.3 is 12.1 Å². The van der Waals surface area contributed by atoms with Gasteiger partial charge in [-0.25, -0.2) is 0 Å². The van der Waals surface area contributed by atoms with Gasteiger partial charge in [-0.2, -0.15) is 13.2 Å². The highest BCUT2D eigenvalue weighted by Crippen LogP contribution is 2.42. The number of aliphatic hydroxyl groups is 1. The van der Waals surface area contributed by atoms with Crippen LogP contribution in [0.15, 0.2) is 72.8 Å². The van der Waals surface area contributed by atoms with Crippen LogP contribution in [0.2, 0.25) is 0 Å². The maximum absolute atomic E-state index is 13.0. The Hall–Kier alpha value is -4.57. The van der Waals surface area contributed by atoms with E-state index in [-0.39, 0.29) is 49.9 Å². The van der Waals surface area contributed by atoms with Crippen LogP contribution < -0.4 is 10.2 Å². The van der Waals surface area contributed by atoms with Gasteiger partial charge in [-0.05, 0) is 41.7 Å². The summed E-state index contributed by atoms with van der Waals surface area (Å²) in [6.45, 7) is 5.68. The summed E-state index contributed by atoms with van der Waals surface area (Å²) in [5, 5.41) is 23.3. The van der Waals surface area contributed by atoms with Crippen LogP contribution in [0, 0.1) is 16.0 Å². The number of rotatable bonds is 10. The number of ether oxygens (including phenoxy) is 2. The average Bonchev–Trinajstić information content (AvgIpc) is 3.65. The summed E-state index contributed by atoms with van der Waals surface area (Å²) >= 11 is 0. The number of piperazine rings is 1. The number of amides is 2. The van der Waals surface area contributed by atoms with Crippen molar-refractivity contribution >= 4 is 23.2 Å². The van der Waals surface area contributed by atoms with Crippen LogP contribution in [0.3, 0.4) is 0 Å². The molecule has 3 heterocycles. The summed E-state index contributed by atoms with van der Waals surface area (Å²) in [4.78, 5) is 40.4. The van der Waals surface area contributed by atoms with E-state index >= 15 is 0 Å². The van der Waals surface area contributed by atoms with E-state index in [1.54, 1.807) is 24.3 Å². The molecule has 0 saturated carbocycles. The van der Waals surface area contributed by atoms with Gasteiger partial charge in [-0.15, -0.1) is 0 Å². The molecule has 3 aromatic carbocycles. The Balaban J connectivity index is 1.11. The molecule has 2 N–H and O–H groups in total. The average molecular weight is 726 g/mol. The number of nitro benzene ring substituents is 1. The maximum atomic E-state index is 13.0. The zero-order chi connectivity index (χ0) is 37.0. The number of aliphatic hydroxyl groups excluding tert-OH is 1. The zero-order valence-electron chi connectivity index (χ0n) is 28.7. The lowest BCUT2D eigenvalue weighted by Gasteiger charge is -2.44. The maximum Gasteiger partial charge on any atom is 0.471 e. The number of likely N-dealkylation sites (tertiary alicyclic amines) is 1. The molecule has 5 atom stereocenters. The highest BCUT2D eigenvalue weighted by molar-refractivity contribution is 5.90. The number of nitro groups is 1. The molecule has 52 heavy (non-hydrogen) atoms. The Bertz CT molecular complexity index is 1700. The predicted octanol–water partition coefficient (Wildman–Crippen LogP) is 4.87. The van der Waals surface area contributed by atoms with Crippen molar-refractivity contribution in [2.45, 2.75) is 63.6 Å². The van der Waals surface area contributed by atoms with Crippen molar-refractivity contribution in [3.63, 3.8) is 0 Å². The fraction of sp³-hybridized carbons (Fsp3) is 0.459. The minimum atomic E-state index is -5.03. The van der Waals surface area contributed by atoms with E-state index in [9.17, 15) is 38.0 Å². The molecule has 3 aliphatic heterocycles. The molecular weight excluding hydrogens is 683 g/mol. The highest BCUT2D eigenvalue weighted by Gasteiger charge is 2.47. The first-order chi connectivity index (χ1) is 24.9. The Morgan fingerprint density at radius 1 is 0.904 bits per heavy atom. The molecule has 0 unspecified atom stereocenters. The minimum Gasteiger partial charge on any atom is -0.392 e. The molecule has 12 nitrogen and oxygen atoms in total. The van der Waals surface area contributed by atoms with E-state index in [4.69, 9.17) is 9.47 Å². The summed E-state index contributed by atoms with van der Waals surface area (Å²) in [5.41, 5.74) is 4.21. The number of carbonyl (C=O) groups excluding carboxylic acids is 2. The predicted molar refractivity (Wildman–Crippen MR) is 184 cm³/mol. The molecule has 278 valence electrons. The topological polar surface area (TPSA) is 138 Å². The van der Waals surface area contributed by atoms with Gasteiger partial charge in [0.1, 0.15) is 6.04 Å². The number of carbonyl (C=O) groups is 2. The lowest BCUT2D eigenvalue weighted by molar-refractivity contribution is -0.384. The van der Waals surface area contributed by atoms with Crippen molar-refractivity contribution in [2.75, 3.05) is 44.2 Å². The number of nitrogens with zero attached hydrogens (tertiary/aromatic N) is 4. The lowest BCUT2D eigenvalue weighted by atomic mass is 9.90. The van der Waals surface area contributed by atoms with E-state index in [2.05, 4.69) is 22.0 Å². The van der Waals surface area contributed by atoms with Crippen molar-refractivity contribution in [3.8, 4) is 0 Å². The van der Waals surface area contributed by atoms with Crippen molar-refractivity contribution in [1.82, 2.24) is 15.1 Å². The van der Waals surface area contributed by atoms with Crippen molar-refractivity contribution < 1.29 is 42.3 Å². The Morgan fingerprint density at radius 3 is 2.15 bits per heavy atom. The number of non-ortho nitro benzene ring substituents is 1. The van der Waals surface area contributed by atoms with Gasteiger partial charge in [0.05, 0.1) is 23.7 Å². The van der Waals surface area contributed by atoms with Crippen LogP contribution in [-0.2, 0) is 32.2 Å². The monoisotopic (exact) mass is 725 g/mol. The molecule has 0 spiro atoms. The van der Waals surface area contributed by atoms with Crippen molar-refractivity contribution in [1.29, 1.82) is 0 Å². The molecule has 2 amide bonds. The molecule has 0 aromatic heterocycles. The molecule has 3 aliphatic rings. The van der Waals surface area contributed by atoms with Crippen LogP contribution in [0.5, 0.6) is 0 Å². The van der Waals surface area contributed by atoms with Crippen LogP contribution in [0.25, 0.3) is 0 Å². The van der Waals surface area contributed by atoms with Crippen LogP contribution >= 0.6 is 0 Å². The fourth-order valence-electron chi connectivity index (χ4n) is 7.10. The van der Waals surface area contributed by atoms with Crippen LogP contribution in [-0.4, -0.2) is 89.2 Å². The number of halogens is 3. The van der Waals surface area contributed by atoms with Gasteiger partial charge in [0.15, 0.2) is 6.29 Å². The summed E-state index contributed by atoms with van der Waals surface area (Å²) < 4.78 is 52.3. The first kappa shape index (κ1) is 37.2. The van der Waals surface area contributed by atoms with Crippen molar-refractivity contribution in [2.24, 2.45) is 5.92 Å². The first-order valence-corrected chi connectivity index (χ1v) is 17.4. The first-order valence-electron chi connectivity index (χ1n) is 17.4. The van der Waals surface area contributed by atoms with Crippen molar-refractivity contribution in [3.05, 3.63) is 105 Å². The molecule has 0 aliphatic carbocycles. The summed E-state index contributed by atoms with van der Waals surface area (Å²) in [7, 11) is 0. The fourth-order valence-corrected chi connectivity index (χ4v) is 7.10. The molecule has 3 aromatic rings. The van der Waals surface area contributed by atoms with E-state index in [0.717, 1.165) is 48.6 Å². The summed E-state index contributed by atoms with van der Waals surface area (Å²) in [6.07, 6.45) is -5.78. The smallest absolute Gasteiger partial charge is 0.392 e. The Kier molecular flexibility index (Phi) is 11.4. The van der Waals surface area contributed by atoms with Gasteiger partial charge in [-0.3, -0.25) is 24.6 Å². The number of nitrogens with one attached hydrogen (secondary N) is 1. The molecule has 15 heteroatoms. The third kappa shape index (κ3) is 8.55. The molecule has 0 radical (unpaired) electrons. The molecule has 6 rings (SSSR count). The number of benzene rings is 3. The third-order valence-corrected chi connectivity index (χ3v) is 10.1. The van der Waals surface area contributed by atoms with E-state index < -0.39 is 35.2 Å². The number of anilines is 1. The van der Waals surface area contributed by atoms with Gasteiger partial charge in [0.25, 0.3) is 5.69 Å². The molecular formula is C37H42F3N5O7. The van der Waals surface area contributed by atoms with Gasteiger partial charge in [0.2, 0.25) is 5.91 Å². The lowest BCUT2D eigenvalue weighted by Crippen LogP contribution is -2.51. The normalized spacial score (nSPS) is 24.1. The second kappa shape index (κ2) is 16.0. The number of alkyl halides is 3. The minimum absolute atomic E-state index is 0.0298. The second-order valence-corrected chi connectivity index (χ2v) is 13.5. The van der Waals surface area contributed by atoms with Gasteiger partial charge in [0, 0.05) is 75.1 Å². The zero-order valence-corrected chi connectivity index (χ0v) is 28.7. The quantitative estimate of drug-likeness (QED) is 0.222. The van der Waals surface area contributed by atoms with Crippen LogP contribution in [0.1, 0.15) is 54.4 Å². The molecule has 3 saturated heterocycles. The summed E-state index contributed by atoms with van der Waals surface area (Å²) in [5.74, 6) is -2.65. The Morgan fingerprint density at radius 2 is 1.54 bits per heavy atom. The van der Waals surface area contributed by atoms with E-state index in [1.165, 1.54) is 12.1 Å². The van der Waals surface area contributed by atoms with E-state index in [1.807, 2.05) is 36.4 Å². The van der Waals surface area contributed by atoms with Gasteiger partial charge < -0.3 is 29.7 Å². The van der Waals surface area contributed by atoms with Crippen LogP contribution in [0.4, 0.5) is 24.5 Å².